The molecular weight excluding hydrogens is 332 g/mol. The van der Waals surface area contributed by atoms with Crippen LogP contribution in [0.1, 0.15) is 0 Å². The van der Waals surface area contributed by atoms with Crippen molar-refractivity contribution in [3.8, 4) is 0 Å². The smallest absolute Gasteiger partial charge is 0.301 e. The van der Waals surface area contributed by atoms with Crippen molar-refractivity contribution in [3.63, 3.8) is 0 Å². The molecule has 0 fully saturated rings. The number of benzene rings is 1. The Morgan fingerprint density at radius 3 is 1.90 bits per heavy atom. The summed E-state index contributed by atoms with van der Waals surface area (Å²) in [5.41, 5.74) is 0. The van der Waals surface area contributed by atoms with Crippen LogP contribution in [0, 0.1) is 0 Å². The summed E-state index contributed by atoms with van der Waals surface area (Å²) in [5, 5.41) is -8.66. The molecule has 0 aliphatic heterocycles. The fourth-order valence-electron chi connectivity index (χ4n) is 1.33. The van der Waals surface area contributed by atoms with Crippen LogP contribution >= 0.6 is 11.8 Å². The zero-order valence-electron chi connectivity index (χ0n) is 11.0. The predicted molar refractivity (Wildman–Crippen MR) is 75.9 cm³/mol. The third kappa shape index (κ3) is 3.83. The molecular formula is C11H14F4O2S2Si. The molecule has 2 nitrogen and oxygen atoms in total. The van der Waals surface area contributed by atoms with Gasteiger partial charge in [0.15, 0.2) is 0 Å². The van der Waals surface area contributed by atoms with Crippen molar-refractivity contribution in [1.29, 1.82) is 0 Å². The zero-order chi connectivity index (χ0) is 15.8. The van der Waals surface area contributed by atoms with Crippen molar-refractivity contribution in [2.75, 3.05) is 0 Å². The Morgan fingerprint density at radius 1 is 1.10 bits per heavy atom. The number of thioether (sulfide) groups is 1. The van der Waals surface area contributed by atoms with Gasteiger partial charge in [0.2, 0.25) is 11.1 Å². The minimum atomic E-state index is -5.00. The molecule has 0 amide bonds. The molecule has 1 atom stereocenters. The van der Waals surface area contributed by atoms with Crippen LogP contribution in [0.5, 0.6) is 0 Å². The zero-order valence-corrected chi connectivity index (χ0v) is 13.6. The standard InChI is InChI=1S/C11H14F4O2S2Si/c1-20(2,3)9-6-4-8(5-7-9)18-10(12,13)11(14,15)19(16)17/h4-7H,1-3H3,(H,16,17). The predicted octanol–water partition coefficient (Wildman–Crippen LogP) is 3.73. The van der Waals surface area contributed by atoms with Crippen molar-refractivity contribution in [2.45, 2.75) is 35.0 Å². The van der Waals surface area contributed by atoms with Gasteiger partial charge in [-0.3, -0.25) is 0 Å². The summed E-state index contributed by atoms with van der Waals surface area (Å²) in [4.78, 5) is -0.0814. The van der Waals surface area contributed by atoms with E-state index in [1.54, 1.807) is 12.1 Å². The van der Waals surface area contributed by atoms with Gasteiger partial charge in [-0.1, -0.05) is 37.0 Å². The number of hydrogen-bond acceptors (Lipinski definition) is 2. The lowest BCUT2D eigenvalue weighted by atomic mass is 10.4. The Balaban J connectivity index is 2.97. The van der Waals surface area contributed by atoms with Crippen LogP contribution in [0.3, 0.4) is 0 Å². The quantitative estimate of drug-likeness (QED) is 0.382. The highest BCUT2D eigenvalue weighted by Crippen LogP contribution is 2.47. The molecule has 1 rings (SSSR count). The van der Waals surface area contributed by atoms with Gasteiger partial charge in [-0.25, -0.2) is 4.21 Å². The summed E-state index contributed by atoms with van der Waals surface area (Å²) >= 11 is -4.36. The van der Waals surface area contributed by atoms with Crippen molar-refractivity contribution in [3.05, 3.63) is 24.3 Å². The molecule has 1 N–H and O–H groups in total. The summed E-state index contributed by atoms with van der Waals surface area (Å²) in [6.07, 6.45) is 0. The van der Waals surface area contributed by atoms with Crippen molar-refractivity contribution >= 4 is 36.1 Å². The molecule has 114 valence electrons. The van der Waals surface area contributed by atoms with E-state index in [4.69, 9.17) is 4.55 Å². The number of alkyl halides is 4. The van der Waals surface area contributed by atoms with E-state index < -0.39 is 41.4 Å². The Hall–Kier alpha value is -0.383. The second-order valence-electron chi connectivity index (χ2n) is 5.16. The fourth-order valence-corrected chi connectivity index (χ4v) is 3.73. The van der Waals surface area contributed by atoms with E-state index in [2.05, 4.69) is 19.6 Å². The molecule has 0 aliphatic rings. The largest absolute Gasteiger partial charge is 0.416 e. The van der Waals surface area contributed by atoms with Crippen LogP contribution in [0.25, 0.3) is 0 Å². The highest BCUT2D eigenvalue weighted by Gasteiger charge is 2.62. The van der Waals surface area contributed by atoms with Crippen LogP contribution in [0.15, 0.2) is 29.2 Å². The highest BCUT2D eigenvalue weighted by molar-refractivity contribution is 8.01. The van der Waals surface area contributed by atoms with Gasteiger partial charge >= 0.3 is 10.5 Å². The molecule has 20 heavy (non-hydrogen) atoms. The second-order valence-corrected chi connectivity index (χ2v) is 12.4. The van der Waals surface area contributed by atoms with Crippen molar-refractivity contribution in [1.82, 2.24) is 0 Å². The van der Waals surface area contributed by atoms with Crippen LogP contribution < -0.4 is 5.19 Å². The first-order valence-corrected chi connectivity index (χ1v) is 11.0. The first-order valence-electron chi connectivity index (χ1n) is 5.54. The van der Waals surface area contributed by atoms with E-state index >= 15 is 0 Å². The average Bonchev–Trinajstić information content (AvgIpc) is 2.27. The lowest BCUT2D eigenvalue weighted by Gasteiger charge is -2.23. The SMILES string of the molecule is C[Si](C)(C)c1ccc(SC(F)(F)C(F)(F)S(=O)O)cc1. The molecule has 0 saturated carbocycles. The summed E-state index contributed by atoms with van der Waals surface area (Å²) < 4.78 is 71.2. The molecule has 1 aromatic rings. The van der Waals surface area contributed by atoms with E-state index in [1.165, 1.54) is 12.1 Å². The first kappa shape index (κ1) is 17.7. The molecule has 0 aliphatic carbocycles. The fraction of sp³-hybridized carbons (Fsp3) is 0.455. The normalized spacial score (nSPS) is 15.2. The minimum Gasteiger partial charge on any atom is -0.301 e. The van der Waals surface area contributed by atoms with Gasteiger partial charge in [0, 0.05) is 4.90 Å². The van der Waals surface area contributed by atoms with Gasteiger partial charge in [0.25, 0.3) is 0 Å². The topological polar surface area (TPSA) is 37.3 Å². The summed E-state index contributed by atoms with van der Waals surface area (Å²) in [5.74, 6) is 0. The lowest BCUT2D eigenvalue weighted by molar-refractivity contribution is -0.0907. The number of hydrogen-bond donors (Lipinski definition) is 1. The lowest BCUT2D eigenvalue weighted by Crippen LogP contribution is -2.41. The van der Waals surface area contributed by atoms with E-state index in [-0.39, 0.29) is 4.90 Å². The summed E-state index contributed by atoms with van der Waals surface area (Å²) in [7, 11) is -1.60. The Bertz CT molecular complexity index is 500. The molecule has 0 saturated heterocycles. The van der Waals surface area contributed by atoms with Crippen LogP contribution in [-0.2, 0) is 11.1 Å². The van der Waals surface area contributed by atoms with Gasteiger partial charge in [-0.15, -0.1) is 0 Å². The van der Waals surface area contributed by atoms with Crippen LogP contribution in [0.4, 0.5) is 17.6 Å². The van der Waals surface area contributed by atoms with E-state index in [0.29, 0.717) is 0 Å². The number of rotatable bonds is 5. The maximum atomic E-state index is 13.3. The molecule has 1 aromatic carbocycles. The third-order valence-corrected chi connectivity index (χ3v) is 6.43. The molecule has 0 heterocycles. The third-order valence-electron chi connectivity index (χ3n) is 2.52. The summed E-state index contributed by atoms with van der Waals surface area (Å²) in [6.45, 7) is 6.19. The van der Waals surface area contributed by atoms with Crippen molar-refractivity contribution < 1.29 is 26.3 Å². The molecule has 0 spiro atoms. The maximum absolute atomic E-state index is 13.3. The Morgan fingerprint density at radius 2 is 1.55 bits per heavy atom. The van der Waals surface area contributed by atoms with Gasteiger partial charge in [0.05, 0.1) is 8.07 Å². The van der Waals surface area contributed by atoms with E-state index in [1.807, 2.05) is 0 Å². The Kier molecular flexibility index (Phi) is 5.11. The molecule has 0 bridgehead atoms. The monoisotopic (exact) mass is 346 g/mol. The van der Waals surface area contributed by atoms with Gasteiger partial charge in [0.1, 0.15) is 0 Å². The van der Waals surface area contributed by atoms with Crippen LogP contribution in [-0.4, -0.2) is 27.3 Å². The average molecular weight is 346 g/mol. The molecule has 9 heteroatoms. The van der Waals surface area contributed by atoms with E-state index in [9.17, 15) is 21.8 Å². The second kappa shape index (κ2) is 5.78. The molecule has 0 aromatic heterocycles. The maximum Gasteiger partial charge on any atom is 0.416 e. The Labute approximate surface area is 122 Å². The first-order chi connectivity index (χ1) is 8.88. The molecule has 1 unspecified atom stereocenters. The number of halogens is 4. The minimum absolute atomic E-state index is 0.0814. The summed E-state index contributed by atoms with van der Waals surface area (Å²) in [6, 6.07) is 5.89. The van der Waals surface area contributed by atoms with Gasteiger partial charge < -0.3 is 4.55 Å². The van der Waals surface area contributed by atoms with Crippen molar-refractivity contribution in [2.24, 2.45) is 0 Å². The van der Waals surface area contributed by atoms with Crippen LogP contribution in [0.2, 0.25) is 19.6 Å². The van der Waals surface area contributed by atoms with E-state index in [0.717, 1.165) is 5.19 Å². The highest BCUT2D eigenvalue weighted by atomic mass is 32.2. The van der Waals surface area contributed by atoms with Gasteiger partial charge in [-0.2, -0.15) is 17.6 Å². The molecule has 0 radical (unpaired) electrons. The van der Waals surface area contributed by atoms with Gasteiger partial charge in [-0.05, 0) is 23.9 Å².